The van der Waals surface area contributed by atoms with Crippen LogP contribution in [0.5, 0.6) is 0 Å². The summed E-state index contributed by atoms with van der Waals surface area (Å²) in [7, 11) is 0. The Balaban J connectivity index is 3.83. The van der Waals surface area contributed by atoms with Gasteiger partial charge in [-0.25, -0.2) is 0 Å². The summed E-state index contributed by atoms with van der Waals surface area (Å²) in [6.45, 7) is 3.45. The van der Waals surface area contributed by atoms with Crippen LogP contribution >= 0.6 is 0 Å². The quantitative estimate of drug-likeness (QED) is 0.443. The van der Waals surface area contributed by atoms with Crippen LogP contribution in [-0.2, 0) is 0 Å². The topological polar surface area (TPSA) is 80.9 Å². The van der Waals surface area contributed by atoms with E-state index in [1.165, 1.54) is 0 Å². The second-order valence-corrected chi connectivity index (χ2v) is 4.73. The predicted octanol–water partition coefficient (Wildman–Crippen LogP) is 0.279. The van der Waals surface area contributed by atoms with Crippen molar-refractivity contribution in [3.63, 3.8) is 0 Å². The van der Waals surface area contributed by atoms with Crippen molar-refractivity contribution >= 4 is 0 Å². The smallest absolute Gasteiger partial charge is 0.0871 e. The summed E-state index contributed by atoms with van der Waals surface area (Å²) < 4.78 is 0. The first kappa shape index (κ1) is 14.8. The molecule has 0 aliphatic carbocycles. The highest BCUT2D eigenvalue weighted by Gasteiger charge is 2.32. The fourth-order valence-corrected chi connectivity index (χ4v) is 1.41. The standard InChI is InChI=1S/C11H24O4/c1-11(2,8-13)10(15)9(14)6-4-3-5-7-12/h9-10,12-15H,3-8H2,1-2H3. The van der Waals surface area contributed by atoms with Crippen LogP contribution in [0.4, 0.5) is 0 Å². The number of aliphatic hydroxyl groups excluding tert-OH is 4. The molecule has 0 amide bonds. The van der Waals surface area contributed by atoms with Gasteiger partial charge in [-0.2, -0.15) is 0 Å². The second-order valence-electron chi connectivity index (χ2n) is 4.73. The fraction of sp³-hybridized carbons (Fsp3) is 1.00. The van der Waals surface area contributed by atoms with Crippen molar-refractivity contribution in [2.75, 3.05) is 13.2 Å². The Morgan fingerprint density at radius 3 is 2.07 bits per heavy atom. The van der Waals surface area contributed by atoms with Gasteiger partial charge in [0.1, 0.15) is 0 Å². The Hall–Kier alpha value is -0.160. The molecule has 0 aliphatic rings. The molecule has 0 aromatic carbocycles. The van der Waals surface area contributed by atoms with E-state index >= 15 is 0 Å². The van der Waals surface area contributed by atoms with E-state index in [1.54, 1.807) is 13.8 Å². The first-order valence-electron chi connectivity index (χ1n) is 5.53. The van der Waals surface area contributed by atoms with Crippen molar-refractivity contribution in [3.05, 3.63) is 0 Å². The van der Waals surface area contributed by atoms with Gasteiger partial charge in [0.2, 0.25) is 0 Å². The number of rotatable bonds is 8. The molecule has 2 unspecified atom stereocenters. The molecular formula is C11H24O4. The van der Waals surface area contributed by atoms with Crippen molar-refractivity contribution in [3.8, 4) is 0 Å². The molecule has 0 saturated heterocycles. The maximum Gasteiger partial charge on any atom is 0.0871 e. The zero-order chi connectivity index (χ0) is 11.9. The Kier molecular flexibility index (Phi) is 7.09. The molecule has 4 heteroatoms. The van der Waals surface area contributed by atoms with Crippen molar-refractivity contribution in [2.45, 2.75) is 51.7 Å². The molecule has 0 rings (SSSR count). The molecule has 4 nitrogen and oxygen atoms in total. The minimum absolute atomic E-state index is 0.151. The molecule has 0 aromatic heterocycles. The van der Waals surface area contributed by atoms with Crippen molar-refractivity contribution in [1.29, 1.82) is 0 Å². The van der Waals surface area contributed by atoms with Gasteiger partial charge in [-0.1, -0.05) is 26.7 Å². The summed E-state index contributed by atoms with van der Waals surface area (Å²) in [6.07, 6.45) is 1.15. The second kappa shape index (κ2) is 7.17. The van der Waals surface area contributed by atoms with Crippen LogP contribution < -0.4 is 0 Å². The van der Waals surface area contributed by atoms with Crippen LogP contribution in [0.3, 0.4) is 0 Å². The third kappa shape index (κ3) is 5.47. The van der Waals surface area contributed by atoms with E-state index in [0.717, 1.165) is 19.3 Å². The third-order valence-corrected chi connectivity index (χ3v) is 2.73. The average molecular weight is 220 g/mol. The highest BCUT2D eigenvalue weighted by Crippen LogP contribution is 2.24. The molecule has 0 radical (unpaired) electrons. The summed E-state index contributed by atoms with van der Waals surface area (Å²) in [6, 6.07) is 0. The maximum atomic E-state index is 9.74. The van der Waals surface area contributed by atoms with Gasteiger partial charge in [-0.05, 0) is 12.8 Å². The lowest BCUT2D eigenvalue weighted by Crippen LogP contribution is -2.41. The lowest BCUT2D eigenvalue weighted by molar-refractivity contribution is -0.0737. The summed E-state index contributed by atoms with van der Waals surface area (Å²) in [4.78, 5) is 0. The summed E-state index contributed by atoms with van der Waals surface area (Å²) in [5.41, 5.74) is -0.670. The molecule has 0 fully saturated rings. The Bertz CT molecular complexity index is 159. The lowest BCUT2D eigenvalue weighted by atomic mass is 9.83. The van der Waals surface area contributed by atoms with Crippen molar-refractivity contribution < 1.29 is 20.4 Å². The first-order chi connectivity index (χ1) is 6.95. The SMILES string of the molecule is CC(C)(CO)C(O)C(O)CCCCCO. The predicted molar refractivity (Wildman–Crippen MR) is 58.4 cm³/mol. The fourth-order valence-electron chi connectivity index (χ4n) is 1.41. The molecule has 4 N–H and O–H groups in total. The van der Waals surface area contributed by atoms with Gasteiger partial charge in [0, 0.05) is 12.0 Å². The van der Waals surface area contributed by atoms with Gasteiger partial charge >= 0.3 is 0 Å². The first-order valence-corrected chi connectivity index (χ1v) is 5.53. The largest absolute Gasteiger partial charge is 0.396 e. The van der Waals surface area contributed by atoms with E-state index in [1.807, 2.05) is 0 Å². The molecule has 0 aliphatic heterocycles. The monoisotopic (exact) mass is 220 g/mol. The third-order valence-electron chi connectivity index (χ3n) is 2.73. The van der Waals surface area contributed by atoms with Crippen LogP contribution in [0.25, 0.3) is 0 Å². The molecule has 0 bridgehead atoms. The molecule has 0 heterocycles. The van der Waals surface area contributed by atoms with Crippen LogP contribution in [0, 0.1) is 5.41 Å². The maximum absolute atomic E-state index is 9.74. The van der Waals surface area contributed by atoms with Gasteiger partial charge in [-0.3, -0.25) is 0 Å². The van der Waals surface area contributed by atoms with Gasteiger partial charge in [0.25, 0.3) is 0 Å². The molecular weight excluding hydrogens is 196 g/mol. The lowest BCUT2D eigenvalue weighted by Gasteiger charge is -2.31. The van der Waals surface area contributed by atoms with E-state index in [4.69, 9.17) is 10.2 Å². The number of unbranched alkanes of at least 4 members (excludes halogenated alkanes) is 2. The van der Waals surface area contributed by atoms with E-state index in [-0.39, 0.29) is 13.2 Å². The zero-order valence-corrected chi connectivity index (χ0v) is 9.69. The van der Waals surface area contributed by atoms with Gasteiger partial charge in [0.05, 0.1) is 18.8 Å². The normalized spacial score (nSPS) is 16.4. The highest BCUT2D eigenvalue weighted by atomic mass is 16.3. The number of hydrogen-bond acceptors (Lipinski definition) is 4. The van der Waals surface area contributed by atoms with Crippen molar-refractivity contribution in [1.82, 2.24) is 0 Å². The minimum atomic E-state index is -0.906. The molecule has 0 spiro atoms. The molecule has 0 saturated carbocycles. The zero-order valence-electron chi connectivity index (χ0n) is 9.69. The highest BCUT2D eigenvalue weighted by molar-refractivity contribution is 4.82. The molecule has 15 heavy (non-hydrogen) atoms. The van der Waals surface area contributed by atoms with Crippen molar-refractivity contribution in [2.24, 2.45) is 5.41 Å². The molecule has 0 aromatic rings. The van der Waals surface area contributed by atoms with Gasteiger partial charge < -0.3 is 20.4 Å². The summed E-state index contributed by atoms with van der Waals surface area (Å²) in [5, 5.41) is 37.0. The molecule has 92 valence electrons. The Morgan fingerprint density at radius 1 is 1.00 bits per heavy atom. The molecule has 2 atom stereocenters. The minimum Gasteiger partial charge on any atom is -0.396 e. The van der Waals surface area contributed by atoms with Crippen LogP contribution in [0.15, 0.2) is 0 Å². The van der Waals surface area contributed by atoms with Crippen LogP contribution in [0.1, 0.15) is 39.5 Å². The van der Waals surface area contributed by atoms with Crippen LogP contribution in [-0.4, -0.2) is 45.8 Å². The van der Waals surface area contributed by atoms with E-state index < -0.39 is 17.6 Å². The Morgan fingerprint density at radius 2 is 1.60 bits per heavy atom. The average Bonchev–Trinajstić information content (AvgIpc) is 2.23. The van der Waals surface area contributed by atoms with Gasteiger partial charge in [0.15, 0.2) is 0 Å². The van der Waals surface area contributed by atoms with E-state index in [0.29, 0.717) is 6.42 Å². The Labute approximate surface area is 91.6 Å². The number of hydrogen-bond donors (Lipinski definition) is 4. The van der Waals surface area contributed by atoms with E-state index in [9.17, 15) is 10.2 Å². The summed E-state index contributed by atoms with van der Waals surface area (Å²) >= 11 is 0. The van der Waals surface area contributed by atoms with Gasteiger partial charge in [-0.15, -0.1) is 0 Å². The van der Waals surface area contributed by atoms with Crippen LogP contribution in [0.2, 0.25) is 0 Å². The summed E-state index contributed by atoms with van der Waals surface area (Å²) in [5.74, 6) is 0. The van der Waals surface area contributed by atoms with E-state index in [2.05, 4.69) is 0 Å². The number of aliphatic hydroxyl groups is 4.